The van der Waals surface area contributed by atoms with Gasteiger partial charge in [0.15, 0.2) is 12.6 Å². The van der Waals surface area contributed by atoms with Crippen LogP contribution in [0, 0.1) is 0 Å². The monoisotopic (exact) mass is 624 g/mol. The van der Waals surface area contributed by atoms with Gasteiger partial charge in [0, 0.05) is 30.7 Å². The number of rotatable bonds is 16. The molecule has 46 heavy (non-hydrogen) atoms. The molecule has 3 atom stereocenters. The molecule has 0 N–H and O–H groups in total. The first-order valence-electron chi connectivity index (χ1n) is 16.6. The fourth-order valence-electron chi connectivity index (χ4n) is 6.06. The van der Waals surface area contributed by atoms with E-state index in [2.05, 4.69) is 100 Å². The molecule has 0 bridgehead atoms. The second-order valence-electron chi connectivity index (χ2n) is 12.4. The van der Waals surface area contributed by atoms with Crippen molar-refractivity contribution in [3.63, 3.8) is 0 Å². The fraction of sp³-hybridized carbons (Fsp3) is 0.415. The first-order chi connectivity index (χ1) is 22.0. The lowest BCUT2D eigenvalue weighted by atomic mass is 9.70. The maximum atomic E-state index is 5.98. The molecule has 0 aliphatic carbocycles. The summed E-state index contributed by atoms with van der Waals surface area (Å²) in [5.41, 5.74) is 6.62. The van der Waals surface area contributed by atoms with Crippen LogP contribution in [-0.2, 0) is 25.0 Å². The van der Waals surface area contributed by atoms with Gasteiger partial charge in [-0.3, -0.25) is 0 Å². The molecule has 0 aliphatic rings. The molecule has 246 valence electrons. The predicted octanol–water partition coefficient (Wildman–Crippen LogP) is 9.99. The Kier molecular flexibility index (Phi) is 12.1. The molecule has 0 saturated heterocycles. The van der Waals surface area contributed by atoms with E-state index in [0.29, 0.717) is 19.8 Å². The van der Waals surface area contributed by atoms with E-state index in [1.54, 1.807) is 0 Å². The van der Waals surface area contributed by atoms with Gasteiger partial charge in [0.25, 0.3) is 0 Å². The molecule has 4 rings (SSSR count). The number of hydrogen-bond donors (Lipinski definition) is 0. The van der Waals surface area contributed by atoms with Crippen molar-refractivity contribution in [3.8, 4) is 11.5 Å². The summed E-state index contributed by atoms with van der Waals surface area (Å²) < 4.78 is 28.9. The average Bonchev–Trinajstić information content (AvgIpc) is 3.05. The van der Waals surface area contributed by atoms with Gasteiger partial charge < -0.3 is 23.7 Å². The van der Waals surface area contributed by atoms with Crippen molar-refractivity contribution in [2.45, 2.75) is 91.8 Å². The van der Waals surface area contributed by atoms with Crippen molar-refractivity contribution in [2.24, 2.45) is 0 Å². The van der Waals surface area contributed by atoms with Gasteiger partial charge in [-0.05, 0) is 106 Å². The molecule has 0 aromatic heterocycles. The van der Waals surface area contributed by atoms with E-state index >= 15 is 0 Å². The van der Waals surface area contributed by atoms with Gasteiger partial charge in [-0.2, -0.15) is 0 Å². The van der Waals surface area contributed by atoms with Crippen LogP contribution in [0.2, 0.25) is 0 Å². The van der Waals surface area contributed by atoms with E-state index < -0.39 is 5.41 Å². The quantitative estimate of drug-likeness (QED) is 0.0917. The predicted molar refractivity (Wildman–Crippen MR) is 187 cm³/mol. The van der Waals surface area contributed by atoms with Crippen molar-refractivity contribution < 1.29 is 23.7 Å². The van der Waals surface area contributed by atoms with Crippen molar-refractivity contribution in [1.29, 1.82) is 0 Å². The third-order valence-corrected chi connectivity index (χ3v) is 8.97. The van der Waals surface area contributed by atoms with Crippen molar-refractivity contribution in [2.75, 3.05) is 19.8 Å². The number of benzene rings is 4. The summed E-state index contributed by atoms with van der Waals surface area (Å²) >= 11 is 0. The maximum absolute atomic E-state index is 5.98. The first kappa shape index (κ1) is 35.2. The summed E-state index contributed by atoms with van der Waals surface area (Å²) in [7, 11) is 0. The van der Waals surface area contributed by atoms with Gasteiger partial charge >= 0.3 is 0 Å². The Labute approximate surface area is 276 Å². The Balaban J connectivity index is 1.68. The zero-order valence-electron chi connectivity index (χ0n) is 29.1. The van der Waals surface area contributed by atoms with E-state index in [4.69, 9.17) is 23.7 Å². The molecule has 0 spiro atoms. The van der Waals surface area contributed by atoms with E-state index in [1.807, 2.05) is 58.9 Å². The van der Waals surface area contributed by atoms with Crippen LogP contribution in [0.4, 0.5) is 0 Å². The van der Waals surface area contributed by atoms with Crippen molar-refractivity contribution in [1.82, 2.24) is 0 Å². The smallest absolute Gasteiger partial charge is 0.196 e. The fourth-order valence-corrected chi connectivity index (χ4v) is 6.06. The molecule has 5 heteroatoms. The van der Waals surface area contributed by atoms with Crippen LogP contribution in [0.5, 0.6) is 11.5 Å². The van der Waals surface area contributed by atoms with E-state index in [9.17, 15) is 0 Å². The van der Waals surface area contributed by atoms with Gasteiger partial charge in [-0.1, -0.05) is 86.6 Å². The van der Waals surface area contributed by atoms with Crippen LogP contribution in [0.3, 0.4) is 0 Å². The Morgan fingerprint density at radius 2 is 0.783 bits per heavy atom. The molecule has 0 fully saturated rings. The summed E-state index contributed by atoms with van der Waals surface area (Å²) in [6, 6.07) is 34.6. The van der Waals surface area contributed by atoms with Gasteiger partial charge in [0.2, 0.25) is 0 Å². The summed E-state index contributed by atoms with van der Waals surface area (Å²) in [5.74, 6) is 1.55. The highest BCUT2D eigenvalue weighted by Crippen LogP contribution is 2.41. The normalized spacial score (nSPS) is 15.1. The Hall–Kier alpha value is -3.64. The lowest BCUT2D eigenvalue weighted by Gasteiger charge is -2.33. The summed E-state index contributed by atoms with van der Waals surface area (Å²) in [5, 5.41) is 0. The minimum absolute atomic E-state index is 0.0847. The molecular weight excluding hydrogens is 572 g/mol. The second-order valence-corrected chi connectivity index (χ2v) is 12.4. The standard InChI is InChI=1S/C41H52O5/c1-10-42-29(4)32-13-15-33(16-14-32)40(7,8)34-17-19-35(20-18-34)41(9,36-21-25-38(26-22-36)45-30(5)43-11-2)37-23-27-39(28-24-37)46-31(6)44-12-3/h13-31H,10-12H2,1-9H3. The molecular formula is C41H52O5. The minimum atomic E-state index is -0.437. The number of ether oxygens (including phenoxy) is 5. The summed E-state index contributed by atoms with van der Waals surface area (Å²) in [6.07, 6.45) is -0.537. The van der Waals surface area contributed by atoms with Crippen LogP contribution >= 0.6 is 0 Å². The van der Waals surface area contributed by atoms with Crippen LogP contribution in [0.15, 0.2) is 97.1 Å². The van der Waals surface area contributed by atoms with Crippen LogP contribution in [0.25, 0.3) is 0 Å². The van der Waals surface area contributed by atoms with E-state index in [0.717, 1.165) is 22.6 Å². The molecule has 3 unspecified atom stereocenters. The third-order valence-electron chi connectivity index (χ3n) is 8.97. The maximum Gasteiger partial charge on any atom is 0.196 e. The lowest BCUT2D eigenvalue weighted by molar-refractivity contribution is -0.0616. The third kappa shape index (κ3) is 8.19. The second kappa shape index (κ2) is 15.8. The molecule has 0 heterocycles. The van der Waals surface area contributed by atoms with Crippen LogP contribution in [0.1, 0.15) is 102 Å². The Morgan fingerprint density at radius 1 is 0.457 bits per heavy atom. The minimum Gasteiger partial charge on any atom is -0.465 e. The Bertz CT molecular complexity index is 1420. The van der Waals surface area contributed by atoms with Gasteiger partial charge in [0.1, 0.15) is 11.5 Å². The van der Waals surface area contributed by atoms with Gasteiger partial charge in [-0.25, -0.2) is 0 Å². The molecule has 0 radical (unpaired) electrons. The van der Waals surface area contributed by atoms with Gasteiger partial charge in [0.05, 0.1) is 6.10 Å². The van der Waals surface area contributed by atoms with Crippen molar-refractivity contribution >= 4 is 0 Å². The van der Waals surface area contributed by atoms with Gasteiger partial charge in [-0.15, -0.1) is 0 Å². The molecule has 0 aliphatic heterocycles. The molecule has 5 nitrogen and oxygen atoms in total. The largest absolute Gasteiger partial charge is 0.465 e. The highest BCUT2D eigenvalue weighted by molar-refractivity contribution is 5.52. The first-order valence-corrected chi connectivity index (χ1v) is 16.6. The molecule has 0 amide bonds. The Morgan fingerprint density at radius 3 is 1.15 bits per heavy atom. The van der Waals surface area contributed by atoms with E-state index in [-0.39, 0.29) is 24.1 Å². The lowest BCUT2D eigenvalue weighted by Crippen LogP contribution is -2.26. The average molecular weight is 625 g/mol. The molecule has 0 saturated carbocycles. The summed E-state index contributed by atoms with van der Waals surface area (Å²) in [4.78, 5) is 0. The molecule has 4 aromatic carbocycles. The highest BCUT2D eigenvalue weighted by Gasteiger charge is 2.32. The van der Waals surface area contributed by atoms with Crippen LogP contribution in [-0.4, -0.2) is 32.4 Å². The number of hydrogen-bond acceptors (Lipinski definition) is 5. The molecule has 4 aromatic rings. The SMILES string of the molecule is CCOC(C)Oc1ccc(C(C)(c2ccc(OC(C)OCC)cc2)c2ccc(C(C)(C)c3ccc(C(C)OCC)cc3)cc2)cc1. The summed E-state index contributed by atoms with van der Waals surface area (Å²) in [6.45, 7) is 20.7. The van der Waals surface area contributed by atoms with Crippen molar-refractivity contribution in [3.05, 3.63) is 130 Å². The zero-order valence-corrected chi connectivity index (χ0v) is 29.1. The van der Waals surface area contributed by atoms with Crippen LogP contribution < -0.4 is 9.47 Å². The zero-order chi connectivity index (χ0) is 33.3. The topological polar surface area (TPSA) is 46.2 Å². The highest BCUT2D eigenvalue weighted by atomic mass is 16.7. The van der Waals surface area contributed by atoms with E-state index in [1.165, 1.54) is 22.3 Å².